The molecule has 0 bridgehead atoms. The van der Waals surface area contributed by atoms with E-state index in [-0.39, 0.29) is 24.8 Å². The standard InChI is InChI=1S/C30H29FN6O5.C2H6/c1-40-21-8-6-19(24(14-21)41-2)17-36-18-23-29(30(36)39)22(15-27(34-23)37-25(31)4-3-5-28(37)38)33-26-9-7-20(16-32-26)35-10-12-42-13-11-35;1-2/h3-9,14-16H,10-13,17-18H2,1-2H3,(H,32,33,34);1-2H3. The first-order valence-corrected chi connectivity index (χ1v) is 14.4. The number of hydrogen-bond acceptors (Lipinski definition) is 9. The molecule has 1 saturated heterocycles. The van der Waals surface area contributed by atoms with Gasteiger partial charge in [0.2, 0.25) is 5.95 Å². The maximum atomic E-state index is 14.8. The van der Waals surface area contributed by atoms with Crippen molar-refractivity contribution in [2.24, 2.45) is 0 Å². The van der Waals surface area contributed by atoms with Crippen molar-refractivity contribution in [2.75, 3.05) is 50.7 Å². The van der Waals surface area contributed by atoms with Gasteiger partial charge in [0.05, 0.1) is 69.4 Å². The molecule has 2 aliphatic heterocycles. The fraction of sp³-hybridized carbons (Fsp3) is 0.312. The third kappa shape index (κ3) is 6.20. The molecule has 0 radical (unpaired) electrons. The summed E-state index contributed by atoms with van der Waals surface area (Å²) in [5.74, 6) is 0.712. The van der Waals surface area contributed by atoms with Crippen LogP contribution in [0.15, 0.2) is 65.6 Å². The number of hydrogen-bond donors (Lipinski definition) is 1. The number of benzene rings is 1. The predicted molar refractivity (Wildman–Crippen MR) is 165 cm³/mol. The van der Waals surface area contributed by atoms with Gasteiger partial charge in [0.25, 0.3) is 11.5 Å². The summed E-state index contributed by atoms with van der Waals surface area (Å²) in [7, 11) is 3.12. The van der Waals surface area contributed by atoms with E-state index in [9.17, 15) is 14.0 Å². The van der Waals surface area contributed by atoms with Crippen molar-refractivity contribution in [3.05, 3.63) is 93.9 Å². The second kappa shape index (κ2) is 13.6. The molecule has 0 unspecified atom stereocenters. The number of pyridine rings is 3. The number of morpholine rings is 1. The van der Waals surface area contributed by atoms with E-state index in [1.54, 1.807) is 37.4 Å². The number of nitrogens with one attached hydrogen (secondary N) is 1. The zero-order valence-electron chi connectivity index (χ0n) is 25.2. The van der Waals surface area contributed by atoms with Gasteiger partial charge in [-0.05, 0) is 30.3 Å². The van der Waals surface area contributed by atoms with Gasteiger partial charge in [-0.15, -0.1) is 0 Å². The van der Waals surface area contributed by atoms with E-state index in [4.69, 9.17) is 14.2 Å². The SMILES string of the molecule is CC.COc1ccc(CN2Cc3nc(-n4c(F)cccc4=O)cc(Nc4ccc(N5CCOCC5)cn4)c3C2=O)c(OC)c1. The number of amides is 1. The lowest BCUT2D eigenvalue weighted by Gasteiger charge is -2.28. The normalized spacial score (nSPS) is 14.1. The molecule has 3 aromatic heterocycles. The van der Waals surface area contributed by atoms with Crippen LogP contribution in [0, 0.1) is 5.95 Å². The van der Waals surface area contributed by atoms with Crippen LogP contribution in [0.5, 0.6) is 11.5 Å². The minimum Gasteiger partial charge on any atom is -0.497 e. The number of carbonyl (C=O) groups excluding carboxylic acids is 1. The first-order chi connectivity index (χ1) is 21.4. The Kier molecular flexibility index (Phi) is 9.39. The zero-order valence-corrected chi connectivity index (χ0v) is 25.2. The second-order valence-electron chi connectivity index (χ2n) is 9.84. The maximum Gasteiger partial charge on any atom is 0.258 e. The highest BCUT2D eigenvalue weighted by Crippen LogP contribution is 2.34. The zero-order chi connectivity index (χ0) is 31.2. The number of anilines is 3. The molecule has 4 aromatic rings. The number of nitrogens with zero attached hydrogens (tertiary/aromatic N) is 5. The summed E-state index contributed by atoms with van der Waals surface area (Å²) in [5, 5.41) is 3.22. The lowest BCUT2D eigenvalue weighted by Crippen LogP contribution is -2.36. The summed E-state index contributed by atoms with van der Waals surface area (Å²) < 4.78 is 32.0. The number of rotatable bonds is 8. The first-order valence-electron chi connectivity index (χ1n) is 14.4. The Morgan fingerprint density at radius 3 is 2.48 bits per heavy atom. The van der Waals surface area contributed by atoms with Gasteiger partial charge in [-0.25, -0.2) is 14.5 Å². The molecular formula is C32H35FN6O5. The van der Waals surface area contributed by atoms with Gasteiger partial charge < -0.3 is 29.3 Å². The highest BCUT2D eigenvalue weighted by Gasteiger charge is 2.33. The Morgan fingerprint density at radius 1 is 1.00 bits per heavy atom. The maximum absolute atomic E-state index is 14.8. The second-order valence-corrected chi connectivity index (χ2v) is 9.84. The van der Waals surface area contributed by atoms with Gasteiger partial charge in [0.15, 0.2) is 0 Å². The molecule has 6 rings (SSSR count). The third-order valence-electron chi connectivity index (χ3n) is 7.30. The monoisotopic (exact) mass is 602 g/mol. The number of aromatic nitrogens is 3. The smallest absolute Gasteiger partial charge is 0.258 e. The van der Waals surface area contributed by atoms with Gasteiger partial charge in [-0.2, -0.15) is 4.39 Å². The van der Waals surface area contributed by atoms with E-state index >= 15 is 0 Å². The summed E-state index contributed by atoms with van der Waals surface area (Å²) in [6.45, 7) is 7.25. The van der Waals surface area contributed by atoms with Gasteiger partial charge in [0, 0.05) is 36.9 Å². The molecule has 1 N–H and O–H groups in total. The van der Waals surface area contributed by atoms with E-state index < -0.39 is 11.5 Å². The van der Waals surface area contributed by atoms with Crippen molar-refractivity contribution in [1.29, 1.82) is 0 Å². The van der Waals surface area contributed by atoms with Gasteiger partial charge in [-0.1, -0.05) is 19.9 Å². The van der Waals surface area contributed by atoms with E-state index in [1.807, 2.05) is 32.0 Å². The van der Waals surface area contributed by atoms with Crippen molar-refractivity contribution in [3.63, 3.8) is 0 Å². The molecule has 1 aromatic carbocycles. The Labute approximate surface area is 254 Å². The number of halogens is 1. The van der Waals surface area contributed by atoms with Crippen LogP contribution in [-0.4, -0.2) is 65.9 Å². The summed E-state index contributed by atoms with van der Waals surface area (Å²) in [5.41, 5.74) is 2.26. The summed E-state index contributed by atoms with van der Waals surface area (Å²) in [6, 6.07) is 14.4. The number of methoxy groups -OCH3 is 2. The molecule has 11 nitrogen and oxygen atoms in total. The van der Waals surface area contributed by atoms with Crippen LogP contribution in [0.2, 0.25) is 0 Å². The lowest BCUT2D eigenvalue weighted by molar-refractivity contribution is 0.0766. The van der Waals surface area contributed by atoms with E-state index in [2.05, 4.69) is 20.2 Å². The lowest BCUT2D eigenvalue weighted by atomic mass is 10.1. The molecule has 0 spiro atoms. The van der Waals surface area contributed by atoms with Gasteiger partial charge >= 0.3 is 0 Å². The average Bonchev–Trinajstić information content (AvgIpc) is 3.37. The van der Waals surface area contributed by atoms with Crippen LogP contribution in [0.4, 0.5) is 21.6 Å². The van der Waals surface area contributed by atoms with Crippen molar-refractivity contribution in [2.45, 2.75) is 26.9 Å². The van der Waals surface area contributed by atoms with Crippen LogP contribution in [-0.2, 0) is 17.8 Å². The van der Waals surface area contributed by atoms with E-state index in [1.165, 1.54) is 24.3 Å². The topological polar surface area (TPSA) is 111 Å². The molecule has 5 heterocycles. The fourth-order valence-electron chi connectivity index (χ4n) is 5.17. The largest absolute Gasteiger partial charge is 0.497 e. The van der Waals surface area contributed by atoms with E-state index in [0.717, 1.165) is 28.9 Å². The molecule has 44 heavy (non-hydrogen) atoms. The molecule has 230 valence electrons. The number of ether oxygens (including phenoxy) is 3. The van der Waals surface area contributed by atoms with Crippen LogP contribution in [0.25, 0.3) is 5.82 Å². The minimum atomic E-state index is -0.766. The third-order valence-corrected chi connectivity index (χ3v) is 7.30. The Morgan fingerprint density at radius 2 is 1.80 bits per heavy atom. The quantitative estimate of drug-likeness (QED) is 0.291. The fourth-order valence-corrected chi connectivity index (χ4v) is 5.17. The van der Waals surface area contributed by atoms with Gasteiger partial charge in [0.1, 0.15) is 23.1 Å². The van der Waals surface area contributed by atoms with Crippen LogP contribution in [0.1, 0.15) is 35.5 Å². The minimum absolute atomic E-state index is 0.0564. The molecule has 12 heteroatoms. The van der Waals surface area contributed by atoms with Crippen molar-refractivity contribution in [1.82, 2.24) is 19.4 Å². The average molecular weight is 603 g/mol. The van der Waals surface area contributed by atoms with Crippen molar-refractivity contribution < 1.29 is 23.4 Å². The van der Waals surface area contributed by atoms with Crippen molar-refractivity contribution >= 4 is 23.1 Å². The van der Waals surface area contributed by atoms with Crippen molar-refractivity contribution in [3.8, 4) is 17.3 Å². The van der Waals surface area contributed by atoms with Crippen LogP contribution >= 0.6 is 0 Å². The van der Waals surface area contributed by atoms with E-state index in [0.29, 0.717) is 47.5 Å². The molecule has 0 saturated carbocycles. The molecule has 0 atom stereocenters. The number of carbonyl (C=O) groups is 1. The summed E-state index contributed by atoms with van der Waals surface area (Å²) >= 11 is 0. The molecular weight excluding hydrogens is 567 g/mol. The molecule has 1 fully saturated rings. The number of fused-ring (bicyclic) bond motifs is 1. The Hall–Kier alpha value is -4.97. The highest BCUT2D eigenvalue weighted by molar-refractivity contribution is 6.03. The highest BCUT2D eigenvalue weighted by atomic mass is 19.1. The summed E-state index contributed by atoms with van der Waals surface area (Å²) in [6.07, 6.45) is 1.75. The van der Waals surface area contributed by atoms with Crippen LogP contribution in [0.3, 0.4) is 0 Å². The first kappa shape index (κ1) is 30.5. The predicted octanol–water partition coefficient (Wildman–Crippen LogP) is 4.55. The van der Waals surface area contributed by atoms with Crippen LogP contribution < -0.4 is 25.2 Å². The Balaban J connectivity index is 0.00000188. The van der Waals surface area contributed by atoms with Gasteiger partial charge in [-0.3, -0.25) is 9.59 Å². The molecule has 0 aliphatic carbocycles. The Bertz CT molecular complexity index is 1690. The molecule has 1 amide bonds. The summed E-state index contributed by atoms with van der Waals surface area (Å²) in [4.78, 5) is 39.3. The molecule has 2 aliphatic rings.